The maximum absolute atomic E-state index is 13.3. The molecule has 0 bridgehead atoms. The Kier molecular flexibility index (Phi) is 5.26. The quantitative estimate of drug-likeness (QED) is 0.412. The molecule has 0 spiro atoms. The van der Waals surface area contributed by atoms with Gasteiger partial charge in [0.2, 0.25) is 0 Å². The van der Waals surface area contributed by atoms with E-state index in [1.807, 2.05) is 48.5 Å². The summed E-state index contributed by atoms with van der Waals surface area (Å²) in [5.74, 6) is -0.546. The van der Waals surface area contributed by atoms with Crippen molar-refractivity contribution in [2.24, 2.45) is 0 Å². The highest BCUT2D eigenvalue weighted by atomic mass is 127. The number of aromatic nitrogens is 2. The average Bonchev–Trinajstić information content (AvgIpc) is 2.74. The van der Waals surface area contributed by atoms with Gasteiger partial charge in [-0.1, -0.05) is 36.4 Å². The minimum Gasteiger partial charge on any atom is -0.478 e. The van der Waals surface area contributed by atoms with E-state index in [1.165, 1.54) is 16.7 Å². The summed E-state index contributed by atoms with van der Waals surface area (Å²) < 4.78 is 2.44. The van der Waals surface area contributed by atoms with Crippen LogP contribution in [0.5, 0.6) is 0 Å². The standard InChI is InChI=1S/C23H15IN2O3/c24-17-9-12-20-19(14-17)22(27)26(18-10-7-16(8-11-18)23(28)29)21(25-20)13-6-15-4-2-1-3-5-15/h1-14H,(H,28,29)/b13-6+. The van der Waals surface area contributed by atoms with Gasteiger partial charge in [0.1, 0.15) is 5.82 Å². The van der Waals surface area contributed by atoms with Gasteiger partial charge in [0.25, 0.3) is 5.56 Å². The molecule has 0 aliphatic carbocycles. The van der Waals surface area contributed by atoms with Gasteiger partial charge in [-0.05, 0) is 76.7 Å². The monoisotopic (exact) mass is 494 g/mol. The molecule has 6 heteroatoms. The third kappa shape index (κ3) is 3.97. The number of hydrogen-bond acceptors (Lipinski definition) is 3. The molecule has 1 heterocycles. The van der Waals surface area contributed by atoms with Crippen LogP contribution in [0.1, 0.15) is 21.7 Å². The van der Waals surface area contributed by atoms with Crippen molar-refractivity contribution in [3.63, 3.8) is 0 Å². The number of carboxylic acid groups (broad SMARTS) is 1. The fraction of sp³-hybridized carbons (Fsp3) is 0. The molecule has 1 aromatic heterocycles. The van der Waals surface area contributed by atoms with Crippen molar-refractivity contribution in [3.8, 4) is 5.69 Å². The predicted molar refractivity (Wildman–Crippen MR) is 122 cm³/mol. The third-order valence-corrected chi connectivity index (χ3v) is 5.12. The summed E-state index contributed by atoms with van der Waals surface area (Å²) >= 11 is 2.16. The normalized spacial score (nSPS) is 11.2. The SMILES string of the molecule is O=C(O)c1ccc(-n2c(/C=C/c3ccccc3)nc3ccc(I)cc3c2=O)cc1. The molecule has 29 heavy (non-hydrogen) atoms. The first-order valence-electron chi connectivity index (χ1n) is 8.82. The molecule has 0 aliphatic heterocycles. The molecule has 4 rings (SSSR count). The number of rotatable bonds is 4. The minimum absolute atomic E-state index is 0.159. The summed E-state index contributed by atoms with van der Waals surface area (Å²) in [5.41, 5.74) is 2.11. The van der Waals surface area contributed by atoms with E-state index >= 15 is 0 Å². The second-order valence-corrected chi connectivity index (χ2v) is 7.61. The summed E-state index contributed by atoms with van der Waals surface area (Å²) in [6, 6.07) is 21.5. The first kappa shape index (κ1) is 19.1. The second-order valence-electron chi connectivity index (χ2n) is 6.37. The van der Waals surface area contributed by atoms with E-state index in [1.54, 1.807) is 24.3 Å². The Bertz CT molecular complexity index is 1290. The number of carboxylic acids is 1. The summed E-state index contributed by atoms with van der Waals surface area (Å²) in [4.78, 5) is 29.1. The van der Waals surface area contributed by atoms with Crippen molar-refractivity contribution in [1.29, 1.82) is 0 Å². The number of benzene rings is 3. The molecular weight excluding hydrogens is 479 g/mol. The van der Waals surface area contributed by atoms with Gasteiger partial charge in [-0.15, -0.1) is 0 Å². The zero-order valence-electron chi connectivity index (χ0n) is 15.1. The van der Waals surface area contributed by atoms with Crippen LogP contribution in [0.15, 0.2) is 77.6 Å². The van der Waals surface area contributed by atoms with Crippen LogP contribution in [0, 0.1) is 3.57 Å². The van der Waals surface area contributed by atoms with Gasteiger partial charge in [-0.25, -0.2) is 9.78 Å². The first-order valence-corrected chi connectivity index (χ1v) is 9.90. The Morgan fingerprint density at radius 3 is 2.38 bits per heavy atom. The summed E-state index contributed by atoms with van der Waals surface area (Å²) in [6.45, 7) is 0. The van der Waals surface area contributed by atoms with Crippen LogP contribution >= 0.6 is 22.6 Å². The number of nitrogens with zero attached hydrogens (tertiary/aromatic N) is 2. The summed E-state index contributed by atoms with van der Waals surface area (Å²) in [5, 5.41) is 9.65. The summed E-state index contributed by atoms with van der Waals surface area (Å²) in [6.07, 6.45) is 3.68. The van der Waals surface area contributed by atoms with Crippen LogP contribution in [-0.2, 0) is 0 Å². The molecule has 0 saturated heterocycles. The van der Waals surface area contributed by atoms with E-state index in [0.29, 0.717) is 22.4 Å². The van der Waals surface area contributed by atoms with Gasteiger partial charge in [-0.3, -0.25) is 9.36 Å². The van der Waals surface area contributed by atoms with Crippen molar-refractivity contribution < 1.29 is 9.90 Å². The number of fused-ring (bicyclic) bond motifs is 1. The van der Waals surface area contributed by atoms with Crippen molar-refractivity contribution >= 4 is 51.6 Å². The molecule has 0 atom stereocenters. The van der Waals surface area contributed by atoms with Gasteiger partial charge >= 0.3 is 5.97 Å². The predicted octanol–water partition coefficient (Wildman–Crippen LogP) is 4.86. The third-order valence-electron chi connectivity index (χ3n) is 4.45. The maximum atomic E-state index is 13.3. The Hall–Kier alpha value is -3.26. The lowest BCUT2D eigenvalue weighted by Crippen LogP contribution is -2.22. The largest absolute Gasteiger partial charge is 0.478 e. The molecule has 5 nitrogen and oxygen atoms in total. The van der Waals surface area contributed by atoms with E-state index in [4.69, 9.17) is 5.11 Å². The topological polar surface area (TPSA) is 72.2 Å². The molecule has 0 saturated carbocycles. The van der Waals surface area contributed by atoms with Gasteiger partial charge < -0.3 is 5.11 Å². The fourth-order valence-corrected chi connectivity index (χ4v) is 3.52. The van der Waals surface area contributed by atoms with Crippen molar-refractivity contribution in [3.05, 3.63) is 104 Å². The Morgan fingerprint density at radius 1 is 0.966 bits per heavy atom. The van der Waals surface area contributed by atoms with Crippen LogP contribution < -0.4 is 5.56 Å². The van der Waals surface area contributed by atoms with Crippen molar-refractivity contribution in [2.75, 3.05) is 0 Å². The van der Waals surface area contributed by atoms with Crippen LogP contribution in [0.4, 0.5) is 0 Å². The molecular formula is C23H15IN2O3. The highest BCUT2D eigenvalue weighted by Gasteiger charge is 2.12. The molecule has 3 aromatic carbocycles. The molecule has 1 N–H and O–H groups in total. The van der Waals surface area contributed by atoms with Crippen LogP contribution in [-0.4, -0.2) is 20.6 Å². The highest BCUT2D eigenvalue weighted by molar-refractivity contribution is 14.1. The number of aromatic carboxylic acids is 1. The molecule has 0 unspecified atom stereocenters. The van der Waals surface area contributed by atoms with Crippen LogP contribution in [0.2, 0.25) is 0 Å². The number of halogens is 1. The minimum atomic E-state index is -1.01. The molecule has 0 fully saturated rings. The lowest BCUT2D eigenvalue weighted by Gasteiger charge is -2.12. The van der Waals surface area contributed by atoms with E-state index in [2.05, 4.69) is 27.6 Å². The highest BCUT2D eigenvalue weighted by Crippen LogP contribution is 2.18. The zero-order chi connectivity index (χ0) is 20.4. The van der Waals surface area contributed by atoms with Gasteiger partial charge in [-0.2, -0.15) is 0 Å². The zero-order valence-corrected chi connectivity index (χ0v) is 17.3. The lowest BCUT2D eigenvalue weighted by molar-refractivity contribution is 0.0697. The Morgan fingerprint density at radius 2 is 1.69 bits per heavy atom. The molecule has 0 radical (unpaired) electrons. The summed E-state index contributed by atoms with van der Waals surface area (Å²) in [7, 11) is 0. The Balaban J connectivity index is 1.94. The smallest absolute Gasteiger partial charge is 0.335 e. The first-order chi connectivity index (χ1) is 14.0. The molecule has 4 aromatic rings. The van der Waals surface area contributed by atoms with E-state index < -0.39 is 5.97 Å². The van der Waals surface area contributed by atoms with Gasteiger partial charge in [0, 0.05) is 3.57 Å². The van der Waals surface area contributed by atoms with Crippen LogP contribution in [0.25, 0.3) is 28.7 Å². The van der Waals surface area contributed by atoms with E-state index in [-0.39, 0.29) is 11.1 Å². The second kappa shape index (κ2) is 8.00. The maximum Gasteiger partial charge on any atom is 0.335 e. The lowest BCUT2D eigenvalue weighted by atomic mass is 10.1. The van der Waals surface area contributed by atoms with E-state index in [9.17, 15) is 9.59 Å². The van der Waals surface area contributed by atoms with Crippen LogP contribution in [0.3, 0.4) is 0 Å². The average molecular weight is 494 g/mol. The van der Waals surface area contributed by atoms with Gasteiger partial charge in [0.05, 0.1) is 22.2 Å². The number of hydrogen-bond donors (Lipinski definition) is 1. The number of carbonyl (C=O) groups is 1. The fourth-order valence-electron chi connectivity index (χ4n) is 3.02. The van der Waals surface area contributed by atoms with Crippen molar-refractivity contribution in [1.82, 2.24) is 9.55 Å². The molecule has 0 aliphatic rings. The molecule has 142 valence electrons. The molecule has 0 amide bonds. The Labute approximate surface area is 180 Å². The van der Waals surface area contributed by atoms with E-state index in [0.717, 1.165) is 9.13 Å². The van der Waals surface area contributed by atoms with Crippen molar-refractivity contribution in [2.45, 2.75) is 0 Å². The van der Waals surface area contributed by atoms with Gasteiger partial charge in [0.15, 0.2) is 0 Å².